The SMILES string of the molecule is CC.CC.Cc1cccc(C=O)c1. The lowest BCUT2D eigenvalue weighted by Crippen LogP contribution is -1.78. The minimum atomic E-state index is 0.745. The molecular weight excluding hydrogens is 160 g/mol. The van der Waals surface area contributed by atoms with Crippen LogP contribution in [0.1, 0.15) is 43.6 Å². The van der Waals surface area contributed by atoms with Crippen LogP contribution < -0.4 is 0 Å². The number of aryl methyl sites for hydroxylation is 1. The first-order valence-corrected chi connectivity index (χ1v) is 4.85. The highest BCUT2D eigenvalue weighted by Crippen LogP contribution is 1.99. The van der Waals surface area contributed by atoms with Gasteiger partial charge in [-0.1, -0.05) is 51.5 Å². The summed E-state index contributed by atoms with van der Waals surface area (Å²) < 4.78 is 0. The van der Waals surface area contributed by atoms with E-state index < -0.39 is 0 Å². The maximum Gasteiger partial charge on any atom is 0.150 e. The number of rotatable bonds is 1. The highest BCUT2D eigenvalue weighted by atomic mass is 16.1. The summed E-state index contributed by atoms with van der Waals surface area (Å²) in [5, 5.41) is 0. The van der Waals surface area contributed by atoms with Crippen molar-refractivity contribution in [2.45, 2.75) is 34.6 Å². The van der Waals surface area contributed by atoms with Gasteiger partial charge in [0.15, 0.2) is 0 Å². The average Bonchev–Trinajstić information content (AvgIpc) is 2.24. The molecule has 0 unspecified atom stereocenters. The molecule has 0 atom stereocenters. The van der Waals surface area contributed by atoms with E-state index in [1.54, 1.807) is 6.07 Å². The van der Waals surface area contributed by atoms with Gasteiger partial charge in [-0.05, 0) is 13.0 Å². The summed E-state index contributed by atoms with van der Waals surface area (Å²) in [4.78, 5) is 10.2. The van der Waals surface area contributed by atoms with Crippen LogP contribution in [-0.4, -0.2) is 6.29 Å². The molecule has 0 amide bonds. The van der Waals surface area contributed by atoms with Crippen LogP contribution in [0.4, 0.5) is 0 Å². The van der Waals surface area contributed by atoms with Crippen LogP contribution in [-0.2, 0) is 0 Å². The average molecular weight is 180 g/mol. The van der Waals surface area contributed by atoms with Gasteiger partial charge < -0.3 is 0 Å². The van der Waals surface area contributed by atoms with Crippen LogP contribution in [0.3, 0.4) is 0 Å². The van der Waals surface area contributed by atoms with Crippen molar-refractivity contribution in [2.75, 3.05) is 0 Å². The van der Waals surface area contributed by atoms with Gasteiger partial charge >= 0.3 is 0 Å². The van der Waals surface area contributed by atoms with E-state index in [4.69, 9.17) is 0 Å². The van der Waals surface area contributed by atoms with Crippen LogP contribution in [0, 0.1) is 6.92 Å². The standard InChI is InChI=1S/C8H8O.2C2H6/c1-7-3-2-4-8(5-7)6-9;2*1-2/h2-6H,1H3;2*1-2H3. The first-order chi connectivity index (χ1) is 6.33. The first-order valence-electron chi connectivity index (χ1n) is 4.85. The Balaban J connectivity index is 0. The molecule has 1 nitrogen and oxygen atoms in total. The van der Waals surface area contributed by atoms with Crippen LogP contribution in [0.25, 0.3) is 0 Å². The molecule has 0 radical (unpaired) electrons. The maximum atomic E-state index is 10.2. The van der Waals surface area contributed by atoms with Crippen molar-refractivity contribution >= 4 is 6.29 Å². The van der Waals surface area contributed by atoms with E-state index in [9.17, 15) is 4.79 Å². The molecule has 0 heterocycles. The third-order valence-electron chi connectivity index (χ3n) is 1.18. The van der Waals surface area contributed by atoms with Crippen molar-refractivity contribution in [1.29, 1.82) is 0 Å². The third kappa shape index (κ3) is 7.26. The van der Waals surface area contributed by atoms with Gasteiger partial charge in [-0.3, -0.25) is 4.79 Å². The van der Waals surface area contributed by atoms with E-state index >= 15 is 0 Å². The molecule has 0 spiro atoms. The highest BCUT2D eigenvalue weighted by Gasteiger charge is 1.86. The van der Waals surface area contributed by atoms with Gasteiger partial charge in [0.25, 0.3) is 0 Å². The second-order valence-corrected chi connectivity index (χ2v) is 2.03. The van der Waals surface area contributed by atoms with Gasteiger partial charge in [0.05, 0.1) is 0 Å². The molecule has 13 heavy (non-hydrogen) atoms. The molecule has 0 saturated heterocycles. The van der Waals surface area contributed by atoms with Crippen molar-refractivity contribution in [3.05, 3.63) is 35.4 Å². The lowest BCUT2D eigenvalue weighted by atomic mass is 10.2. The highest BCUT2D eigenvalue weighted by molar-refractivity contribution is 5.74. The number of aldehydes is 1. The minimum Gasteiger partial charge on any atom is -0.298 e. The Morgan fingerprint density at radius 3 is 1.92 bits per heavy atom. The minimum absolute atomic E-state index is 0.745. The number of carbonyl (C=O) groups is 1. The van der Waals surface area contributed by atoms with Crippen molar-refractivity contribution in [2.24, 2.45) is 0 Å². The van der Waals surface area contributed by atoms with E-state index in [1.807, 2.05) is 52.8 Å². The zero-order valence-corrected chi connectivity index (χ0v) is 9.29. The van der Waals surface area contributed by atoms with Gasteiger partial charge in [0.1, 0.15) is 6.29 Å². The Morgan fingerprint density at radius 1 is 1.08 bits per heavy atom. The third-order valence-corrected chi connectivity index (χ3v) is 1.18. The topological polar surface area (TPSA) is 17.1 Å². The predicted molar refractivity (Wildman–Crippen MR) is 59.3 cm³/mol. The van der Waals surface area contributed by atoms with Gasteiger partial charge in [-0.15, -0.1) is 0 Å². The molecule has 1 aromatic rings. The molecule has 0 aliphatic rings. The zero-order valence-electron chi connectivity index (χ0n) is 9.29. The Morgan fingerprint density at radius 2 is 1.62 bits per heavy atom. The summed E-state index contributed by atoms with van der Waals surface area (Å²) in [7, 11) is 0. The van der Waals surface area contributed by atoms with Crippen LogP contribution in [0.15, 0.2) is 24.3 Å². The van der Waals surface area contributed by atoms with Gasteiger partial charge in [-0.2, -0.15) is 0 Å². The summed E-state index contributed by atoms with van der Waals surface area (Å²) >= 11 is 0. The zero-order chi connectivity index (χ0) is 10.7. The van der Waals surface area contributed by atoms with Crippen molar-refractivity contribution < 1.29 is 4.79 Å². The Hall–Kier alpha value is -1.11. The van der Waals surface area contributed by atoms with Crippen molar-refractivity contribution in [3.8, 4) is 0 Å². The summed E-state index contributed by atoms with van der Waals surface area (Å²) in [5.41, 5.74) is 1.87. The first kappa shape index (κ1) is 14.4. The molecule has 0 fully saturated rings. The monoisotopic (exact) mass is 180 g/mol. The van der Waals surface area contributed by atoms with E-state index in [-0.39, 0.29) is 0 Å². The molecule has 0 bridgehead atoms. The summed E-state index contributed by atoms with van der Waals surface area (Å²) in [5.74, 6) is 0. The molecule has 0 aliphatic heterocycles. The lowest BCUT2D eigenvalue weighted by Gasteiger charge is -1.89. The van der Waals surface area contributed by atoms with Gasteiger partial charge in [-0.25, -0.2) is 0 Å². The molecule has 1 heteroatoms. The number of carbonyl (C=O) groups excluding carboxylic acids is 1. The van der Waals surface area contributed by atoms with E-state index in [2.05, 4.69) is 0 Å². The molecule has 1 aromatic carbocycles. The number of hydrogen-bond donors (Lipinski definition) is 0. The van der Waals surface area contributed by atoms with Gasteiger partial charge in [0, 0.05) is 5.56 Å². The molecule has 0 N–H and O–H groups in total. The molecule has 0 aliphatic carbocycles. The normalized spacial score (nSPS) is 7.15. The maximum absolute atomic E-state index is 10.2. The fourth-order valence-electron chi connectivity index (χ4n) is 0.743. The number of benzene rings is 1. The van der Waals surface area contributed by atoms with E-state index in [1.165, 1.54) is 0 Å². The second-order valence-electron chi connectivity index (χ2n) is 2.03. The molecule has 0 saturated carbocycles. The molecule has 1 rings (SSSR count). The lowest BCUT2D eigenvalue weighted by molar-refractivity contribution is 0.112. The molecule has 74 valence electrons. The Labute approximate surface area is 81.8 Å². The number of hydrogen-bond acceptors (Lipinski definition) is 1. The van der Waals surface area contributed by atoms with Crippen molar-refractivity contribution in [1.82, 2.24) is 0 Å². The van der Waals surface area contributed by atoms with Crippen LogP contribution in [0.2, 0.25) is 0 Å². The Bertz CT molecular complexity index is 216. The fourth-order valence-corrected chi connectivity index (χ4v) is 0.743. The Kier molecular flexibility index (Phi) is 12.1. The summed E-state index contributed by atoms with van der Waals surface area (Å²) in [6.45, 7) is 9.97. The van der Waals surface area contributed by atoms with E-state index in [0.29, 0.717) is 0 Å². The van der Waals surface area contributed by atoms with Crippen LogP contribution in [0.5, 0.6) is 0 Å². The summed E-state index contributed by atoms with van der Waals surface area (Å²) in [6, 6.07) is 7.49. The van der Waals surface area contributed by atoms with E-state index in [0.717, 1.165) is 17.4 Å². The largest absolute Gasteiger partial charge is 0.298 e. The smallest absolute Gasteiger partial charge is 0.150 e. The van der Waals surface area contributed by atoms with Crippen molar-refractivity contribution in [3.63, 3.8) is 0 Å². The second kappa shape index (κ2) is 10.9. The van der Waals surface area contributed by atoms with Gasteiger partial charge in [0.2, 0.25) is 0 Å². The van der Waals surface area contributed by atoms with Crippen LogP contribution >= 0.6 is 0 Å². The quantitative estimate of drug-likeness (QED) is 0.600. The fraction of sp³-hybridized carbons (Fsp3) is 0.417. The molecular formula is C12H20O. The predicted octanol–water partition coefficient (Wildman–Crippen LogP) is 3.86. The summed E-state index contributed by atoms with van der Waals surface area (Å²) in [6.07, 6.45) is 0.854. The molecule has 0 aromatic heterocycles.